The zero-order valence-corrected chi connectivity index (χ0v) is 15.8. The van der Waals surface area contributed by atoms with Gasteiger partial charge in [-0.3, -0.25) is 4.79 Å². The molecule has 146 valence electrons. The van der Waals surface area contributed by atoms with Gasteiger partial charge >= 0.3 is 0 Å². The van der Waals surface area contributed by atoms with Gasteiger partial charge in [0.2, 0.25) is 5.91 Å². The SMILES string of the molecule is N#Cc1c(F)cccc1NCCNC(=O)Cc1cc(Cl)c2c(c1)OCCCO2. The number of nitriles is 1. The molecule has 28 heavy (non-hydrogen) atoms. The minimum absolute atomic E-state index is 0.0457. The molecule has 2 aromatic carbocycles. The van der Waals surface area contributed by atoms with Crippen LogP contribution in [-0.2, 0) is 11.2 Å². The van der Waals surface area contributed by atoms with E-state index < -0.39 is 5.82 Å². The van der Waals surface area contributed by atoms with Crippen LogP contribution in [0.1, 0.15) is 17.5 Å². The van der Waals surface area contributed by atoms with Crippen LogP contribution in [0.4, 0.5) is 10.1 Å². The molecule has 0 unspecified atom stereocenters. The Labute approximate surface area is 167 Å². The number of hydrogen-bond donors (Lipinski definition) is 2. The lowest BCUT2D eigenvalue weighted by Crippen LogP contribution is -2.30. The van der Waals surface area contributed by atoms with Gasteiger partial charge in [-0.15, -0.1) is 0 Å². The van der Waals surface area contributed by atoms with Gasteiger partial charge in [-0.1, -0.05) is 17.7 Å². The Hall–Kier alpha value is -2.98. The highest BCUT2D eigenvalue weighted by molar-refractivity contribution is 6.32. The molecule has 1 aliphatic heterocycles. The highest BCUT2D eigenvalue weighted by Crippen LogP contribution is 2.38. The molecule has 8 heteroatoms. The molecule has 0 bridgehead atoms. The molecule has 0 atom stereocenters. The van der Waals surface area contributed by atoms with Gasteiger partial charge < -0.3 is 20.1 Å². The molecule has 6 nitrogen and oxygen atoms in total. The molecule has 1 aliphatic rings. The molecule has 0 aromatic heterocycles. The third-order valence-corrected chi connectivity index (χ3v) is 4.40. The average molecular weight is 404 g/mol. The summed E-state index contributed by atoms with van der Waals surface area (Å²) >= 11 is 6.24. The van der Waals surface area contributed by atoms with Crippen LogP contribution >= 0.6 is 11.6 Å². The monoisotopic (exact) mass is 403 g/mol. The number of benzene rings is 2. The zero-order chi connectivity index (χ0) is 19.9. The molecule has 0 fully saturated rings. The number of carbonyl (C=O) groups excluding carboxylic acids is 1. The second kappa shape index (κ2) is 9.29. The van der Waals surface area contributed by atoms with Gasteiger partial charge in [0.15, 0.2) is 11.5 Å². The van der Waals surface area contributed by atoms with Gasteiger partial charge in [0.1, 0.15) is 17.4 Å². The summed E-state index contributed by atoms with van der Waals surface area (Å²) in [6, 6.07) is 9.64. The van der Waals surface area contributed by atoms with E-state index in [1.165, 1.54) is 12.1 Å². The van der Waals surface area contributed by atoms with Crippen molar-refractivity contribution in [3.05, 3.63) is 52.3 Å². The normalized spacial score (nSPS) is 12.6. The summed E-state index contributed by atoms with van der Waals surface area (Å²) in [5, 5.41) is 15.1. The predicted molar refractivity (Wildman–Crippen MR) is 103 cm³/mol. The average Bonchev–Trinajstić information content (AvgIpc) is 2.91. The van der Waals surface area contributed by atoms with E-state index in [4.69, 9.17) is 26.3 Å². The van der Waals surface area contributed by atoms with E-state index in [0.29, 0.717) is 48.5 Å². The first-order chi connectivity index (χ1) is 13.6. The number of carbonyl (C=O) groups is 1. The predicted octanol–water partition coefficient (Wildman–Crippen LogP) is 3.28. The van der Waals surface area contributed by atoms with Crippen LogP contribution in [0.3, 0.4) is 0 Å². The summed E-state index contributed by atoms with van der Waals surface area (Å²) in [7, 11) is 0. The van der Waals surface area contributed by atoms with Crippen LogP contribution in [0.5, 0.6) is 11.5 Å². The van der Waals surface area contributed by atoms with Crippen molar-refractivity contribution in [2.45, 2.75) is 12.8 Å². The Bertz CT molecular complexity index is 914. The number of anilines is 1. The second-order valence-corrected chi connectivity index (χ2v) is 6.59. The van der Waals surface area contributed by atoms with Gasteiger partial charge in [0, 0.05) is 19.5 Å². The number of fused-ring (bicyclic) bond motifs is 1. The van der Waals surface area contributed by atoms with Crippen LogP contribution in [0.2, 0.25) is 5.02 Å². The van der Waals surface area contributed by atoms with Gasteiger partial charge in [-0.2, -0.15) is 5.26 Å². The van der Waals surface area contributed by atoms with Crippen molar-refractivity contribution in [2.75, 3.05) is 31.6 Å². The van der Waals surface area contributed by atoms with Crippen molar-refractivity contribution in [3.8, 4) is 17.6 Å². The molecule has 3 rings (SSSR count). The smallest absolute Gasteiger partial charge is 0.224 e. The van der Waals surface area contributed by atoms with Crippen LogP contribution in [0, 0.1) is 17.1 Å². The van der Waals surface area contributed by atoms with E-state index in [0.717, 1.165) is 12.0 Å². The molecule has 0 saturated heterocycles. The molecule has 1 amide bonds. The van der Waals surface area contributed by atoms with Crippen LogP contribution in [0.15, 0.2) is 30.3 Å². The lowest BCUT2D eigenvalue weighted by molar-refractivity contribution is -0.120. The maximum absolute atomic E-state index is 13.5. The number of nitrogens with zero attached hydrogens (tertiary/aromatic N) is 1. The quantitative estimate of drug-likeness (QED) is 0.723. The molecule has 0 saturated carbocycles. The van der Waals surface area contributed by atoms with Crippen molar-refractivity contribution in [1.82, 2.24) is 5.32 Å². The topological polar surface area (TPSA) is 83.4 Å². The van der Waals surface area contributed by atoms with Crippen molar-refractivity contribution in [3.63, 3.8) is 0 Å². The third-order valence-electron chi connectivity index (χ3n) is 4.11. The second-order valence-electron chi connectivity index (χ2n) is 6.18. The molecular formula is C20H19ClFN3O3. The Morgan fingerprint density at radius 1 is 1.25 bits per heavy atom. The molecule has 2 N–H and O–H groups in total. The maximum atomic E-state index is 13.5. The van der Waals surface area contributed by atoms with Crippen molar-refractivity contribution >= 4 is 23.2 Å². The van der Waals surface area contributed by atoms with Crippen LogP contribution in [0.25, 0.3) is 0 Å². The third kappa shape index (κ3) is 4.84. The Balaban J connectivity index is 1.51. The summed E-state index contributed by atoms with van der Waals surface area (Å²) in [5.41, 5.74) is 1.07. The van der Waals surface area contributed by atoms with Gasteiger partial charge in [-0.25, -0.2) is 4.39 Å². The minimum Gasteiger partial charge on any atom is -0.489 e. The molecular weight excluding hydrogens is 385 g/mol. The number of ether oxygens (including phenoxy) is 2. The first kappa shape index (κ1) is 19.8. The number of amides is 1. The van der Waals surface area contributed by atoms with Gasteiger partial charge in [0.05, 0.1) is 30.3 Å². The number of nitrogens with one attached hydrogen (secondary N) is 2. The van der Waals surface area contributed by atoms with E-state index >= 15 is 0 Å². The van der Waals surface area contributed by atoms with Crippen LogP contribution < -0.4 is 20.1 Å². The summed E-state index contributed by atoms with van der Waals surface area (Å²) in [4.78, 5) is 12.2. The molecule has 0 radical (unpaired) electrons. The Morgan fingerprint density at radius 2 is 2.07 bits per heavy atom. The summed E-state index contributed by atoms with van der Waals surface area (Å²) < 4.78 is 24.7. The Kier molecular flexibility index (Phi) is 6.56. The van der Waals surface area contributed by atoms with E-state index in [1.807, 2.05) is 6.07 Å². The number of hydrogen-bond acceptors (Lipinski definition) is 5. The fourth-order valence-corrected chi connectivity index (χ4v) is 3.11. The minimum atomic E-state index is -0.581. The number of rotatable bonds is 6. The first-order valence-electron chi connectivity index (χ1n) is 8.85. The zero-order valence-electron chi connectivity index (χ0n) is 15.1. The maximum Gasteiger partial charge on any atom is 0.224 e. The lowest BCUT2D eigenvalue weighted by Gasteiger charge is -2.12. The first-order valence-corrected chi connectivity index (χ1v) is 9.23. The number of halogens is 2. The fraction of sp³-hybridized carbons (Fsp3) is 0.300. The van der Waals surface area contributed by atoms with Crippen LogP contribution in [-0.4, -0.2) is 32.2 Å². The van der Waals surface area contributed by atoms with Crippen molar-refractivity contribution in [1.29, 1.82) is 5.26 Å². The van der Waals surface area contributed by atoms with E-state index in [9.17, 15) is 9.18 Å². The lowest BCUT2D eigenvalue weighted by atomic mass is 10.1. The van der Waals surface area contributed by atoms with E-state index in [2.05, 4.69) is 10.6 Å². The molecule has 1 heterocycles. The van der Waals surface area contributed by atoms with Crippen molar-refractivity contribution in [2.24, 2.45) is 0 Å². The molecule has 2 aromatic rings. The van der Waals surface area contributed by atoms with Crippen molar-refractivity contribution < 1.29 is 18.7 Å². The Morgan fingerprint density at radius 3 is 2.89 bits per heavy atom. The highest BCUT2D eigenvalue weighted by atomic mass is 35.5. The van der Waals surface area contributed by atoms with Gasteiger partial charge in [-0.05, 0) is 29.8 Å². The summed E-state index contributed by atoms with van der Waals surface area (Å²) in [6.07, 6.45) is 0.909. The standard InChI is InChI=1S/C20H19ClFN3O3/c21-15-9-13(10-18-20(15)28-8-2-7-27-18)11-19(26)25-6-5-24-17-4-1-3-16(22)14(17)12-23/h1,3-4,9-10,24H,2,5-8,11H2,(H,25,26). The summed E-state index contributed by atoms with van der Waals surface area (Å²) in [6.45, 7) is 1.75. The van der Waals surface area contributed by atoms with E-state index in [-0.39, 0.29) is 17.9 Å². The largest absolute Gasteiger partial charge is 0.489 e. The molecule has 0 aliphatic carbocycles. The molecule has 0 spiro atoms. The highest BCUT2D eigenvalue weighted by Gasteiger charge is 2.16. The fourth-order valence-electron chi connectivity index (χ4n) is 2.82. The summed E-state index contributed by atoms with van der Waals surface area (Å²) in [5.74, 6) is 0.287. The van der Waals surface area contributed by atoms with E-state index in [1.54, 1.807) is 18.2 Å². The van der Waals surface area contributed by atoms with Gasteiger partial charge in [0.25, 0.3) is 0 Å².